The summed E-state index contributed by atoms with van der Waals surface area (Å²) in [6, 6.07) is 0. The van der Waals surface area contributed by atoms with E-state index in [0.717, 1.165) is 28.8 Å². The maximum Gasteiger partial charge on any atom is 0.0602 e. The molecule has 0 aromatic carbocycles. The van der Waals surface area contributed by atoms with Gasteiger partial charge in [0.1, 0.15) is 0 Å². The lowest BCUT2D eigenvalue weighted by molar-refractivity contribution is 0.933. The van der Waals surface area contributed by atoms with Crippen molar-refractivity contribution in [1.29, 1.82) is 0 Å². The molecule has 0 spiro atoms. The van der Waals surface area contributed by atoms with Gasteiger partial charge in [0.2, 0.25) is 0 Å². The molecule has 0 aliphatic heterocycles. The largest absolute Gasteiger partial charge is 0.179 e. The molecule has 0 aromatic heterocycles. The molecule has 0 rings (SSSR count). The molecule has 92 valence electrons. The van der Waals surface area contributed by atoms with Crippen LogP contribution in [0, 0.1) is 0 Å². The Labute approximate surface area is 129 Å². The third-order valence-corrected chi connectivity index (χ3v) is 7.71. The fourth-order valence-electron chi connectivity index (χ4n) is 0.944. The van der Waals surface area contributed by atoms with Crippen molar-refractivity contribution in [2.24, 2.45) is 0 Å². The van der Waals surface area contributed by atoms with E-state index in [-0.39, 0.29) is 5.25 Å². The lowest BCUT2D eigenvalue weighted by atomic mass is 10.3. The quantitative estimate of drug-likeness (QED) is 0.324. The minimum absolute atomic E-state index is 0.285. The van der Waals surface area contributed by atoms with Gasteiger partial charge in [-0.15, -0.1) is 11.8 Å². The molecule has 0 N–H and O–H groups in total. The highest BCUT2D eigenvalue weighted by atomic mass is 32.2. The van der Waals surface area contributed by atoms with E-state index >= 15 is 0 Å². The minimum atomic E-state index is 0.285. The standard InChI is InChI=1S/C8H18S7/c9-1-3-14-7(6(12)5-11)8(13)15-4-2-10/h6-13H,1-5H2. The highest BCUT2D eigenvalue weighted by molar-refractivity contribution is 8.12. The monoisotopic (exact) mass is 338 g/mol. The summed E-state index contributed by atoms with van der Waals surface area (Å²) in [7, 11) is 0. The normalized spacial score (nSPS) is 17.4. The molecular formula is C8H18S7. The predicted octanol–water partition coefficient (Wildman–Crippen LogP) is 3.17. The number of rotatable bonds is 9. The van der Waals surface area contributed by atoms with Gasteiger partial charge in [0, 0.05) is 27.8 Å². The second-order valence-electron chi connectivity index (χ2n) is 2.79. The Bertz CT molecular complexity index is 143. The van der Waals surface area contributed by atoms with E-state index in [0.29, 0.717) is 9.83 Å². The molecule has 0 heterocycles. The summed E-state index contributed by atoms with van der Waals surface area (Å²) in [6.07, 6.45) is 0. The highest BCUT2D eigenvalue weighted by Crippen LogP contribution is 2.32. The minimum Gasteiger partial charge on any atom is -0.179 e. The van der Waals surface area contributed by atoms with E-state index in [1.54, 1.807) is 0 Å². The van der Waals surface area contributed by atoms with Crippen LogP contribution < -0.4 is 0 Å². The van der Waals surface area contributed by atoms with Crippen LogP contribution in [0.1, 0.15) is 0 Å². The molecule has 0 aromatic rings. The molecule has 0 amide bonds. The van der Waals surface area contributed by atoms with Crippen LogP contribution in [0.5, 0.6) is 0 Å². The Kier molecular flexibility index (Phi) is 13.4. The van der Waals surface area contributed by atoms with E-state index in [1.807, 2.05) is 23.5 Å². The number of hydrogen-bond donors (Lipinski definition) is 5. The smallest absolute Gasteiger partial charge is 0.0602 e. The van der Waals surface area contributed by atoms with Crippen molar-refractivity contribution in [1.82, 2.24) is 0 Å². The molecule has 0 fully saturated rings. The Morgan fingerprint density at radius 1 is 0.867 bits per heavy atom. The second-order valence-corrected chi connectivity index (χ2v) is 8.16. The summed E-state index contributed by atoms with van der Waals surface area (Å²) in [5.41, 5.74) is 0. The molecule has 3 unspecified atom stereocenters. The third-order valence-electron chi connectivity index (χ3n) is 1.63. The summed E-state index contributed by atoms with van der Waals surface area (Å²) in [5.74, 6) is 4.64. The number of thiol groups is 5. The first-order valence-corrected chi connectivity index (χ1v) is 9.62. The summed E-state index contributed by atoms with van der Waals surface area (Å²) in [6.45, 7) is 0. The van der Waals surface area contributed by atoms with Crippen molar-refractivity contribution in [3.8, 4) is 0 Å². The zero-order valence-corrected chi connectivity index (χ0v) is 14.4. The van der Waals surface area contributed by atoms with Crippen molar-refractivity contribution in [3.63, 3.8) is 0 Å². The molecule has 15 heavy (non-hydrogen) atoms. The molecule has 0 radical (unpaired) electrons. The molecule has 0 saturated carbocycles. The first-order valence-electron chi connectivity index (χ1n) is 4.59. The molecule has 0 nitrogen and oxygen atoms in total. The second kappa shape index (κ2) is 11.5. The van der Waals surface area contributed by atoms with Gasteiger partial charge < -0.3 is 0 Å². The van der Waals surface area contributed by atoms with Gasteiger partial charge in [0.25, 0.3) is 0 Å². The first-order chi connectivity index (χ1) is 7.17. The van der Waals surface area contributed by atoms with Gasteiger partial charge in [-0.2, -0.15) is 74.9 Å². The van der Waals surface area contributed by atoms with Crippen molar-refractivity contribution in [3.05, 3.63) is 0 Å². The van der Waals surface area contributed by atoms with Gasteiger partial charge in [-0.25, -0.2) is 0 Å². The van der Waals surface area contributed by atoms with E-state index in [9.17, 15) is 0 Å². The number of hydrogen-bond acceptors (Lipinski definition) is 7. The highest BCUT2D eigenvalue weighted by Gasteiger charge is 2.24. The topological polar surface area (TPSA) is 0 Å². The van der Waals surface area contributed by atoms with Crippen LogP contribution >= 0.6 is 86.7 Å². The lowest BCUT2D eigenvalue weighted by Crippen LogP contribution is -2.28. The third kappa shape index (κ3) is 8.21. The molecule has 0 bridgehead atoms. The van der Waals surface area contributed by atoms with E-state index in [2.05, 4.69) is 63.1 Å². The Hall–Kier alpha value is 2.45. The van der Waals surface area contributed by atoms with Crippen molar-refractivity contribution >= 4 is 86.7 Å². The van der Waals surface area contributed by atoms with Gasteiger partial charge in [0.05, 0.1) is 4.58 Å². The van der Waals surface area contributed by atoms with E-state index in [4.69, 9.17) is 0 Å². The molecule has 0 aliphatic carbocycles. The van der Waals surface area contributed by atoms with Gasteiger partial charge in [-0.3, -0.25) is 0 Å². The molecule has 3 atom stereocenters. The Balaban J connectivity index is 4.07. The van der Waals surface area contributed by atoms with Gasteiger partial charge >= 0.3 is 0 Å². The van der Waals surface area contributed by atoms with Crippen molar-refractivity contribution < 1.29 is 0 Å². The van der Waals surface area contributed by atoms with Crippen LogP contribution in [-0.2, 0) is 0 Å². The summed E-state index contributed by atoms with van der Waals surface area (Å²) >= 11 is 25.6. The van der Waals surface area contributed by atoms with Crippen LogP contribution in [0.4, 0.5) is 0 Å². The maximum absolute atomic E-state index is 4.63. The van der Waals surface area contributed by atoms with Crippen LogP contribution in [0.2, 0.25) is 0 Å². The maximum atomic E-state index is 4.63. The zero-order valence-electron chi connectivity index (χ0n) is 8.32. The van der Waals surface area contributed by atoms with Crippen LogP contribution in [0.15, 0.2) is 0 Å². The van der Waals surface area contributed by atoms with Crippen molar-refractivity contribution in [2.45, 2.75) is 15.1 Å². The van der Waals surface area contributed by atoms with Crippen LogP contribution in [0.25, 0.3) is 0 Å². The molecule has 0 saturated heterocycles. The average molecular weight is 339 g/mol. The van der Waals surface area contributed by atoms with Gasteiger partial charge in [0.15, 0.2) is 0 Å². The summed E-state index contributed by atoms with van der Waals surface area (Å²) < 4.78 is 0.302. The van der Waals surface area contributed by atoms with Crippen LogP contribution in [-0.4, -0.2) is 43.8 Å². The van der Waals surface area contributed by atoms with Gasteiger partial charge in [-0.1, -0.05) is 0 Å². The predicted molar refractivity (Wildman–Crippen MR) is 95.8 cm³/mol. The Morgan fingerprint density at radius 2 is 1.40 bits per heavy atom. The van der Waals surface area contributed by atoms with Gasteiger partial charge in [-0.05, 0) is 11.5 Å². The summed E-state index contributed by atoms with van der Waals surface area (Å²) in [4.78, 5) is 0. The molecular weight excluding hydrogens is 321 g/mol. The van der Waals surface area contributed by atoms with Crippen LogP contribution in [0.3, 0.4) is 0 Å². The average Bonchev–Trinajstić information content (AvgIpc) is 2.26. The molecule has 7 heteroatoms. The molecule has 0 aliphatic rings. The van der Waals surface area contributed by atoms with E-state index in [1.165, 1.54) is 0 Å². The SMILES string of the molecule is SCCSC(S)C(SCCS)C(S)CS. The Morgan fingerprint density at radius 3 is 1.87 bits per heavy atom. The first kappa shape index (κ1) is 17.4. The summed E-state index contributed by atoms with van der Waals surface area (Å²) in [5, 5.41) is 0.708. The fourth-order valence-corrected chi connectivity index (χ4v) is 5.47. The van der Waals surface area contributed by atoms with E-state index < -0.39 is 0 Å². The van der Waals surface area contributed by atoms with Crippen molar-refractivity contribution in [2.75, 3.05) is 28.8 Å². The zero-order chi connectivity index (χ0) is 11.7. The number of thioether (sulfide) groups is 2. The fraction of sp³-hybridized carbons (Fsp3) is 1.00. The lowest BCUT2D eigenvalue weighted by Gasteiger charge is -2.26.